The minimum atomic E-state index is -1.02. The molecular weight excluding hydrogens is 230 g/mol. The Kier molecular flexibility index (Phi) is 7.18. The molecule has 0 atom stereocenters. The molecule has 2 N–H and O–H groups in total. The maximum absolute atomic E-state index is 10.6. The lowest BCUT2D eigenvalue weighted by Crippen LogP contribution is -2.14. The number of nitrogens with one attached hydrogen (secondary N) is 1. The SMILES string of the molecule is CCCCCCCCNCc1ccc(C(=O)O)o1. The molecule has 1 aromatic heterocycles. The third kappa shape index (κ3) is 5.87. The smallest absolute Gasteiger partial charge is 0.371 e. The summed E-state index contributed by atoms with van der Waals surface area (Å²) >= 11 is 0. The second-order valence-corrected chi connectivity index (χ2v) is 4.52. The van der Waals surface area contributed by atoms with Gasteiger partial charge in [-0.05, 0) is 25.1 Å². The zero-order valence-corrected chi connectivity index (χ0v) is 11.1. The van der Waals surface area contributed by atoms with E-state index in [4.69, 9.17) is 9.52 Å². The van der Waals surface area contributed by atoms with Crippen LogP contribution in [0.3, 0.4) is 0 Å². The van der Waals surface area contributed by atoms with Crippen molar-refractivity contribution in [1.82, 2.24) is 5.32 Å². The van der Waals surface area contributed by atoms with Crippen molar-refractivity contribution in [2.24, 2.45) is 0 Å². The molecule has 0 aromatic carbocycles. The lowest BCUT2D eigenvalue weighted by Gasteiger charge is -2.02. The molecule has 18 heavy (non-hydrogen) atoms. The van der Waals surface area contributed by atoms with Crippen LogP contribution >= 0.6 is 0 Å². The Hall–Kier alpha value is -1.29. The summed E-state index contributed by atoms with van der Waals surface area (Å²) in [6.07, 6.45) is 7.66. The molecule has 0 saturated carbocycles. The first-order valence-electron chi connectivity index (χ1n) is 6.76. The summed E-state index contributed by atoms with van der Waals surface area (Å²) in [7, 11) is 0. The van der Waals surface area contributed by atoms with Gasteiger partial charge in [-0.15, -0.1) is 0 Å². The Labute approximate surface area is 108 Å². The van der Waals surface area contributed by atoms with Crippen LogP contribution in [0.2, 0.25) is 0 Å². The number of carboxylic acid groups (broad SMARTS) is 1. The van der Waals surface area contributed by atoms with Gasteiger partial charge in [0.05, 0.1) is 6.54 Å². The van der Waals surface area contributed by atoms with Gasteiger partial charge in [0.15, 0.2) is 0 Å². The lowest BCUT2D eigenvalue weighted by molar-refractivity contribution is 0.0660. The third-order valence-electron chi connectivity index (χ3n) is 2.88. The zero-order chi connectivity index (χ0) is 13.2. The van der Waals surface area contributed by atoms with Crippen LogP contribution in [0.25, 0.3) is 0 Å². The van der Waals surface area contributed by atoms with Gasteiger partial charge in [-0.1, -0.05) is 39.0 Å². The Morgan fingerprint density at radius 2 is 1.94 bits per heavy atom. The van der Waals surface area contributed by atoms with Gasteiger partial charge in [0.1, 0.15) is 5.76 Å². The fourth-order valence-corrected chi connectivity index (χ4v) is 1.83. The van der Waals surface area contributed by atoms with Crippen molar-refractivity contribution < 1.29 is 14.3 Å². The summed E-state index contributed by atoms with van der Waals surface area (Å²) in [5.74, 6) is -0.332. The first-order valence-corrected chi connectivity index (χ1v) is 6.76. The molecule has 4 nitrogen and oxygen atoms in total. The Bertz CT molecular complexity index is 347. The van der Waals surface area contributed by atoms with Gasteiger partial charge in [-0.3, -0.25) is 0 Å². The van der Waals surface area contributed by atoms with E-state index >= 15 is 0 Å². The van der Waals surface area contributed by atoms with Gasteiger partial charge in [0.2, 0.25) is 5.76 Å². The van der Waals surface area contributed by atoms with Crippen LogP contribution in [0.15, 0.2) is 16.5 Å². The molecule has 0 fully saturated rings. The molecule has 0 unspecified atom stereocenters. The summed E-state index contributed by atoms with van der Waals surface area (Å²) in [5, 5.41) is 12.0. The number of aromatic carboxylic acids is 1. The molecule has 1 aromatic rings. The van der Waals surface area contributed by atoms with Crippen molar-refractivity contribution in [3.05, 3.63) is 23.7 Å². The highest BCUT2D eigenvalue weighted by Gasteiger charge is 2.07. The van der Waals surface area contributed by atoms with E-state index in [0.717, 1.165) is 13.0 Å². The van der Waals surface area contributed by atoms with Crippen molar-refractivity contribution >= 4 is 5.97 Å². The van der Waals surface area contributed by atoms with Crippen molar-refractivity contribution in [3.63, 3.8) is 0 Å². The van der Waals surface area contributed by atoms with Crippen LogP contribution in [0, 0.1) is 0 Å². The summed E-state index contributed by atoms with van der Waals surface area (Å²) in [5.41, 5.74) is 0. The number of rotatable bonds is 10. The second-order valence-electron chi connectivity index (χ2n) is 4.52. The van der Waals surface area contributed by atoms with Gasteiger partial charge in [0.25, 0.3) is 0 Å². The monoisotopic (exact) mass is 253 g/mol. The second kappa shape index (κ2) is 8.75. The van der Waals surface area contributed by atoms with E-state index in [1.54, 1.807) is 6.07 Å². The fraction of sp³-hybridized carbons (Fsp3) is 0.643. The number of hydrogen-bond acceptors (Lipinski definition) is 3. The Morgan fingerprint density at radius 1 is 1.22 bits per heavy atom. The van der Waals surface area contributed by atoms with E-state index in [1.165, 1.54) is 38.2 Å². The van der Waals surface area contributed by atoms with Gasteiger partial charge < -0.3 is 14.8 Å². The zero-order valence-electron chi connectivity index (χ0n) is 11.1. The predicted molar refractivity (Wildman–Crippen MR) is 70.8 cm³/mol. The molecule has 0 aliphatic rings. The van der Waals surface area contributed by atoms with Crippen LogP contribution in [-0.2, 0) is 6.54 Å². The fourth-order valence-electron chi connectivity index (χ4n) is 1.83. The minimum Gasteiger partial charge on any atom is -0.475 e. The van der Waals surface area contributed by atoms with Crippen molar-refractivity contribution in [2.75, 3.05) is 6.54 Å². The highest BCUT2D eigenvalue weighted by molar-refractivity contribution is 5.84. The molecule has 102 valence electrons. The van der Waals surface area contributed by atoms with Gasteiger partial charge >= 0.3 is 5.97 Å². The first kappa shape index (κ1) is 14.8. The summed E-state index contributed by atoms with van der Waals surface area (Å²) < 4.78 is 5.14. The van der Waals surface area contributed by atoms with E-state index in [-0.39, 0.29) is 5.76 Å². The van der Waals surface area contributed by atoms with E-state index in [0.29, 0.717) is 12.3 Å². The molecule has 0 bridgehead atoms. The van der Waals surface area contributed by atoms with Crippen molar-refractivity contribution in [2.45, 2.75) is 52.0 Å². The van der Waals surface area contributed by atoms with Gasteiger partial charge in [0, 0.05) is 0 Å². The van der Waals surface area contributed by atoms with Gasteiger partial charge in [-0.25, -0.2) is 4.79 Å². The van der Waals surface area contributed by atoms with Crippen LogP contribution in [0.4, 0.5) is 0 Å². The maximum atomic E-state index is 10.6. The molecule has 0 radical (unpaired) electrons. The molecule has 0 aliphatic carbocycles. The average molecular weight is 253 g/mol. The molecule has 0 saturated heterocycles. The number of carbonyl (C=O) groups is 1. The van der Waals surface area contributed by atoms with E-state index in [2.05, 4.69) is 12.2 Å². The highest BCUT2D eigenvalue weighted by Crippen LogP contribution is 2.08. The predicted octanol–water partition coefficient (Wildman–Crippen LogP) is 3.43. The lowest BCUT2D eigenvalue weighted by atomic mass is 10.1. The summed E-state index contributed by atoms with van der Waals surface area (Å²) in [6, 6.07) is 3.20. The number of furan rings is 1. The van der Waals surface area contributed by atoms with E-state index in [1.807, 2.05) is 0 Å². The van der Waals surface area contributed by atoms with Crippen LogP contribution in [0.5, 0.6) is 0 Å². The standard InChI is InChI=1S/C14H23NO3/c1-2-3-4-5-6-7-10-15-11-12-8-9-13(18-12)14(16)17/h8-9,15H,2-7,10-11H2,1H3,(H,16,17). The van der Waals surface area contributed by atoms with Crippen LogP contribution in [-0.4, -0.2) is 17.6 Å². The van der Waals surface area contributed by atoms with Crippen molar-refractivity contribution in [1.29, 1.82) is 0 Å². The number of unbranched alkanes of at least 4 members (excludes halogenated alkanes) is 5. The summed E-state index contributed by atoms with van der Waals surface area (Å²) in [4.78, 5) is 10.6. The number of carboxylic acids is 1. The minimum absolute atomic E-state index is 0.00589. The molecular formula is C14H23NO3. The largest absolute Gasteiger partial charge is 0.475 e. The number of hydrogen-bond donors (Lipinski definition) is 2. The van der Waals surface area contributed by atoms with E-state index in [9.17, 15) is 4.79 Å². The third-order valence-corrected chi connectivity index (χ3v) is 2.88. The van der Waals surface area contributed by atoms with E-state index < -0.39 is 5.97 Å². The normalized spacial score (nSPS) is 10.7. The van der Waals surface area contributed by atoms with Gasteiger partial charge in [-0.2, -0.15) is 0 Å². The topological polar surface area (TPSA) is 62.5 Å². The molecule has 1 heterocycles. The quantitative estimate of drug-likeness (QED) is 0.627. The molecule has 1 rings (SSSR count). The highest BCUT2D eigenvalue weighted by atomic mass is 16.4. The Morgan fingerprint density at radius 3 is 2.61 bits per heavy atom. The van der Waals surface area contributed by atoms with Crippen LogP contribution < -0.4 is 5.32 Å². The van der Waals surface area contributed by atoms with Crippen molar-refractivity contribution in [3.8, 4) is 0 Å². The summed E-state index contributed by atoms with van der Waals surface area (Å²) in [6.45, 7) is 3.77. The first-order chi connectivity index (χ1) is 8.74. The molecule has 0 spiro atoms. The Balaban J connectivity index is 2.02. The maximum Gasteiger partial charge on any atom is 0.371 e. The molecule has 4 heteroatoms. The average Bonchev–Trinajstić information content (AvgIpc) is 2.81. The molecule has 0 amide bonds. The molecule has 0 aliphatic heterocycles. The van der Waals surface area contributed by atoms with Crippen LogP contribution in [0.1, 0.15) is 61.8 Å².